The molecule has 0 unspecified atom stereocenters. The van der Waals surface area contributed by atoms with Crippen LogP contribution in [0.1, 0.15) is 34.8 Å². The minimum Gasteiger partial charge on any atom is -0.352 e. The van der Waals surface area contributed by atoms with Gasteiger partial charge in [0, 0.05) is 17.8 Å². The number of hydrogen-bond donors (Lipinski definition) is 2. The Morgan fingerprint density at radius 1 is 0.875 bits per heavy atom. The highest BCUT2D eigenvalue weighted by molar-refractivity contribution is 6.03. The van der Waals surface area contributed by atoms with Crippen molar-refractivity contribution in [3.05, 3.63) is 65.2 Å². The van der Waals surface area contributed by atoms with Crippen LogP contribution >= 0.6 is 0 Å². The van der Waals surface area contributed by atoms with Gasteiger partial charge in [0.15, 0.2) is 5.78 Å². The summed E-state index contributed by atoms with van der Waals surface area (Å²) in [6.07, 6.45) is -0.250. The van der Waals surface area contributed by atoms with Crippen LogP contribution < -0.4 is 10.6 Å². The molecule has 0 atom stereocenters. The van der Waals surface area contributed by atoms with E-state index in [0.29, 0.717) is 17.8 Å². The van der Waals surface area contributed by atoms with Crippen LogP contribution in [0.3, 0.4) is 0 Å². The summed E-state index contributed by atoms with van der Waals surface area (Å²) in [5.41, 5.74) is 3.26. The Hall–Kier alpha value is -2.95. The normalized spacial score (nSPS) is 10.1. The van der Waals surface area contributed by atoms with Gasteiger partial charge in [0.1, 0.15) is 6.42 Å². The number of carbonyl (C=O) groups is 3. The lowest BCUT2D eigenvalue weighted by Crippen LogP contribution is -2.27. The van der Waals surface area contributed by atoms with Crippen LogP contribution in [0.25, 0.3) is 0 Å². The molecule has 0 aliphatic rings. The van der Waals surface area contributed by atoms with Crippen LogP contribution in [-0.2, 0) is 16.1 Å². The molecular formula is C19H20N2O3. The monoisotopic (exact) mass is 324 g/mol. The summed E-state index contributed by atoms with van der Waals surface area (Å²) >= 11 is 0. The first-order chi connectivity index (χ1) is 11.4. The predicted molar refractivity (Wildman–Crippen MR) is 92.7 cm³/mol. The molecule has 5 heteroatoms. The standard InChI is InChI=1S/C19H20N2O3/c1-13-3-5-15(6-4-13)12-20-18(23)11-19(24)21-17-9-7-16(8-10-17)14(2)22/h3-10H,11-12H2,1-2H3,(H,20,23)(H,21,24). The number of anilines is 1. The van der Waals surface area contributed by atoms with Crippen LogP contribution in [0, 0.1) is 6.92 Å². The van der Waals surface area contributed by atoms with Crippen LogP contribution in [0.4, 0.5) is 5.69 Å². The fourth-order valence-corrected chi connectivity index (χ4v) is 2.11. The predicted octanol–water partition coefficient (Wildman–Crippen LogP) is 2.84. The lowest BCUT2D eigenvalue weighted by atomic mass is 10.1. The van der Waals surface area contributed by atoms with E-state index in [0.717, 1.165) is 11.1 Å². The molecule has 0 spiro atoms. The number of hydrogen-bond acceptors (Lipinski definition) is 3. The molecule has 0 fully saturated rings. The Morgan fingerprint density at radius 2 is 1.50 bits per heavy atom. The molecule has 2 aromatic rings. The van der Waals surface area contributed by atoms with Gasteiger partial charge >= 0.3 is 0 Å². The van der Waals surface area contributed by atoms with E-state index in [2.05, 4.69) is 10.6 Å². The zero-order chi connectivity index (χ0) is 17.5. The van der Waals surface area contributed by atoms with E-state index in [1.54, 1.807) is 24.3 Å². The van der Waals surface area contributed by atoms with Crippen molar-refractivity contribution in [1.82, 2.24) is 5.32 Å². The summed E-state index contributed by atoms with van der Waals surface area (Å²) in [6, 6.07) is 14.4. The molecule has 124 valence electrons. The summed E-state index contributed by atoms with van der Waals surface area (Å²) < 4.78 is 0. The molecule has 0 aliphatic carbocycles. The first kappa shape index (κ1) is 17.4. The van der Waals surface area contributed by atoms with E-state index in [4.69, 9.17) is 0 Å². The average Bonchev–Trinajstić information content (AvgIpc) is 2.54. The third-order valence-corrected chi connectivity index (χ3v) is 3.51. The molecular weight excluding hydrogens is 304 g/mol. The second-order valence-electron chi connectivity index (χ2n) is 5.62. The number of Topliss-reactive ketones (excluding diaryl/α,β-unsaturated/α-hetero) is 1. The summed E-state index contributed by atoms with van der Waals surface area (Å²) in [4.78, 5) is 34.9. The molecule has 5 nitrogen and oxygen atoms in total. The molecule has 0 heterocycles. The van der Waals surface area contributed by atoms with E-state index in [1.807, 2.05) is 31.2 Å². The zero-order valence-corrected chi connectivity index (χ0v) is 13.8. The maximum Gasteiger partial charge on any atom is 0.233 e. The Bertz CT molecular complexity index is 734. The lowest BCUT2D eigenvalue weighted by molar-refractivity contribution is -0.126. The SMILES string of the molecule is CC(=O)c1ccc(NC(=O)CC(=O)NCc2ccc(C)cc2)cc1. The summed E-state index contributed by atoms with van der Waals surface area (Å²) in [7, 11) is 0. The molecule has 2 amide bonds. The summed E-state index contributed by atoms with van der Waals surface area (Å²) in [5.74, 6) is -0.774. The fraction of sp³-hybridized carbons (Fsp3) is 0.211. The zero-order valence-electron chi connectivity index (χ0n) is 13.8. The molecule has 0 aromatic heterocycles. The van der Waals surface area contributed by atoms with Crippen molar-refractivity contribution in [3.63, 3.8) is 0 Å². The van der Waals surface area contributed by atoms with Crippen molar-refractivity contribution >= 4 is 23.3 Å². The lowest BCUT2D eigenvalue weighted by Gasteiger charge is -2.07. The molecule has 0 saturated carbocycles. The highest BCUT2D eigenvalue weighted by atomic mass is 16.2. The van der Waals surface area contributed by atoms with Crippen molar-refractivity contribution in [2.75, 3.05) is 5.32 Å². The average molecular weight is 324 g/mol. The van der Waals surface area contributed by atoms with Gasteiger partial charge in [-0.25, -0.2) is 0 Å². The molecule has 24 heavy (non-hydrogen) atoms. The minimum atomic E-state index is -0.396. The van der Waals surface area contributed by atoms with Crippen LogP contribution in [0.15, 0.2) is 48.5 Å². The van der Waals surface area contributed by atoms with Gasteiger partial charge in [-0.1, -0.05) is 29.8 Å². The number of benzene rings is 2. The number of ketones is 1. The van der Waals surface area contributed by atoms with Crippen molar-refractivity contribution in [3.8, 4) is 0 Å². The van der Waals surface area contributed by atoms with Gasteiger partial charge in [0.05, 0.1) is 0 Å². The third kappa shape index (κ3) is 5.35. The number of aryl methyl sites for hydroxylation is 1. The first-order valence-corrected chi connectivity index (χ1v) is 7.67. The molecule has 2 aromatic carbocycles. The maximum absolute atomic E-state index is 11.9. The number of carbonyl (C=O) groups excluding carboxylic acids is 3. The van der Waals surface area contributed by atoms with E-state index < -0.39 is 5.91 Å². The maximum atomic E-state index is 11.9. The van der Waals surface area contributed by atoms with Gasteiger partial charge in [-0.3, -0.25) is 14.4 Å². The largest absolute Gasteiger partial charge is 0.352 e. The number of nitrogens with one attached hydrogen (secondary N) is 2. The van der Waals surface area contributed by atoms with Gasteiger partial charge < -0.3 is 10.6 Å². The summed E-state index contributed by atoms with van der Waals surface area (Å²) in [6.45, 7) is 3.86. The molecule has 0 bridgehead atoms. The quantitative estimate of drug-likeness (QED) is 0.634. The van der Waals surface area contributed by atoms with Gasteiger partial charge in [-0.05, 0) is 43.7 Å². The van der Waals surface area contributed by atoms with Crippen molar-refractivity contribution < 1.29 is 14.4 Å². The number of rotatable bonds is 6. The Balaban J connectivity index is 1.79. The second-order valence-corrected chi connectivity index (χ2v) is 5.62. The third-order valence-electron chi connectivity index (χ3n) is 3.51. The second kappa shape index (κ2) is 8.06. The summed E-state index contributed by atoms with van der Waals surface area (Å²) in [5, 5.41) is 5.35. The molecule has 2 N–H and O–H groups in total. The number of amides is 2. The Kier molecular flexibility index (Phi) is 5.84. The van der Waals surface area contributed by atoms with Crippen molar-refractivity contribution in [2.24, 2.45) is 0 Å². The Labute approximate surface area is 141 Å². The van der Waals surface area contributed by atoms with E-state index >= 15 is 0 Å². The van der Waals surface area contributed by atoms with Crippen LogP contribution in [0.2, 0.25) is 0 Å². The topological polar surface area (TPSA) is 75.3 Å². The van der Waals surface area contributed by atoms with Crippen LogP contribution in [-0.4, -0.2) is 17.6 Å². The van der Waals surface area contributed by atoms with E-state index in [1.165, 1.54) is 6.92 Å². The smallest absolute Gasteiger partial charge is 0.233 e. The highest BCUT2D eigenvalue weighted by Gasteiger charge is 2.10. The van der Waals surface area contributed by atoms with Gasteiger partial charge in [0.25, 0.3) is 0 Å². The van der Waals surface area contributed by atoms with Gasteiger partial charge in [-0.15, -0.1) is 0 Å². The molecule has 0 aliphatic heterocycles. The van der Waals surface area contributed by atoms with Gasteiger partial charge in [0.2, 0.25) is 11.8 Å². The first-order valence-electron chi connectivity index (χ1n) is 7.67. The molecule has 0 saturated heterocycles. The highest BCUT2D eigenvalue weighted by Crippen LogP contribution is 2.10. The van der Waals surface area contributed by atoms with E-state index in [9.17, 15) is 14.4 Å². The fourth-order valence-electron chi connectivity index (χ4n) is 2.11. The van der Waals surface area contributed by atoms with Crippen LogP contribution in [0.5, 0.6) is 0 Å². The Morgan fingerprint density at radius 3 is 2.08 bits per heavy atom. The molecule has 2 rings (SSSR count). The van der Waals surface area contributed by atoms with Crippen molar-refractivity contribution in [2.45, 2.75) is 26.8 Å². The van der Waals surface area contributed by atoms with Crippen molar-refractivity contribution in [1.29, 1.82) is 0 Å². The minimum absolute atomic E-state index is 0.0386. The van der Waals surface area contributed by atoms with Gasteiger partial charge in [-0.2, -0.15) is 0 Å². The van der Waals surface area contributed by atoms with E-state index in [-0.39, 0.29) is 18.1 Å². The molecule has 0 radical (unpaired) electrons.